The molecular formula is C12H20. The van der Waals surface area contributed by atoms with E-state index in [0.717, 1.165) is 0 Å². The van der Waals surface area contributed by atoms with Gasteiger partial charge in [-0.2, -0.15) is 0 Å². The predicted octanol–water partition coefficient (Wildman–Crippen LogP) is 4.30. The summed E-state index contributed by atoms with van der Waals surface area (Å²) in [7, 11) is 0. The van der Waals surface area contributed by atoms with Gasteiger partial charge in [0.15, 0.2) is 0 Å². The molecule has 0 radical (unpaired) electrons. The molecule has 0 aliphatic rings. The molecule has 0 fully saturated rings. The van der Waals surface area contributed by atoms with Gasteiger partial charge in [-0.15, -0.1) is 26.3 Å². The molecule has 0 spiro atoms. The summed E-state index contributed by atoms with van der Waals surface area (Å²) < 4.78 is 0. The SMILES string of the molecule is C=C.C=C.C=C/C(C)=C\C=C/C. The zero-order valence-electron chi connectivity index (χ0n) is 8.34. The lowest BCUT2D eigenvalue weighted by Gasteiger charge is -1.81. The Morgan fingerprint density at radius 1 is 1.08 bits per heavy atom. The first-order chi connectivity index (χ1) is 5.81. The normalized spacial score (nSPS) is 9.00. The molecule has 12 heavy (non-hydrogen) atoms. The van der Waals surface area contributed by atoms with E-state index in [1.54, 1.807) is 0 Å². The molecule has 0 aliphatic carbocycles. The lowest BCUT2D eigenvalue weighted by Crippen LogP contribution is -1.60. The minimum Gasteiger partial charge on any atom is -0.106 e. The topological polar surface area (TPSA) is 0 Å². The number of hydrogen-bond donors (Lipinski definition) is 0. The lowest BCUT2D eigenvalue weighted by molar-refractivity contribution is 1.53. The van der Waals surface area contributed by atoms with Crippen molar-refractivity contribution >= 4 is 0 Å². The Hall–Kier alpha value is -1.30. The molecule has 0 aromatic rings. The summed E-state index contributed by atoms with van der Waals surface area (Å²) in [6.07, 6.45) is 7.84. The lowest BCUT2D eigenvalue weighted by atomic mass is 10.3. The molecule has 68 valence electrons. The molecule has 0 aromatic carbocycles. The van der Waals surface area contributed by atoms with Crippen LogP contribution >= 0.6 is 0 Å². The standard InChI is InChI=1S/C8H12.2C2H4/c1-4-6-7-8(3)5-2;2*1-2/h4-7H,2H2,1,3H3;2*1-2H2/b6-4-,8-7-;;. The van der Waals surface area contributed by atoms with E-state index in [-0.39, 0.29) is 0 Å². The molecule has 0 atom stereocenters. The highest BCUT2D eigenvalue weighted by Crippen LogP contribution is 1.91. The minimum absolute atomic E-state index is 1.20. The number of allylic oxidation sites excluding steroid dienone is 5. The average Bonchev–Trinajstić information content (AvgIpc) is 2.20. The molecule has 0 amide bonds. The van der Waals surface area contributed by atoms with E-state index < -0.39 is 0 Å². The molecule has 0 heteroatoms. The zero-order valence-corrected chi connectivity index (χ0v) is 8.34. The van der Waals surface area contributed by atoms with Crippen LogP contribution in [0.25, 0.3) is 0 Å². The van der Waals surface area contributed by atoms with Gasteiger partial charge < -0.3 is 0 Å². The fourth-order valence-corrected chi connectivity index (χ4v) is 0.316. The van der Waals surface area contributed by atoms with E-state index in [1.165, 1.54) is 5.57 Å². The fraction of sp³-hybridized carbons (Fsp3) is 0.167. The molecule has 0 saturated carbocycles. The van der Waals surface area contributed by atoms with Crippen molar-refractivity contribution in [3.05, 3.63) is 62.8 Å². The second kappa shape index (κ2) is 22.6. The molecule has 0 aliphatic heterocycles. The Bertz CT molecular complexity index is 136. The van der Waals surface area contributed by atoms with Crippen LogP contribution in [0.3, 0.4) is 0 Å². The van der Waals surface area contributed by atoms with Gasteiger partial charge in [0, 0.05) is 0 Å². The summed E-state index contributed by atoms with van der Waals surface area (Å²) in [6, 6.07) is 0. The highest BCUT2D eigenvalue weighted by atomic mass is 13.8. The van der Waals surface area contributed by atoms with Crippen LogP contribution in [0.15, 0.2) is 62.8 Å². The van der Waals surface area contributed by atoms with Gasteiger partial charge >= 0.3 is 0 Å². The molecule has 0 aromatic heterocycles. The van der Waals surface area contributed by atoms with E-state index in [4.69, 9.17) is 0 Å². The number of rotatable bonds is 2. The van der Waals surface area contributed by atoms with Crippen molar-refractivity contribution in [1.29, 1.82) is 0 Å². The number of hydrogen-bond acceptors (Lipinski definition) is 0. The summed E-state index contributed by atoms with van der Waals surface area (Å²) in [6.45, 7) is 19.6. The molecular weight excluding hydrogens is 144 g/mol. The van der Waals surface area contributed by atoms with Gasteiger partial charge in [-0.25, -0.2) is 0 Å². The third kappa shape index (κ3) is 23.4. The maximum Gasteiger partial charge on any atom is -0.0398 e. The highest BCUT2D eigenvalue weighted by Gasteiger charge is 1.70. The monoisotopic (exact) mass is 164 g/mol. The second-order valence-corrected chi connectivity index (χ2v) is 1.64. The van der Waals surface area contributed by atoms with Crippen molar-refractivity contribution in [3.63, 3.8) is 0 Å². The highest BCUT2D eigenvalue weighted by molar-refractivity contribution is 5.18. The Kier molecular flexibility index (Phi) is 32.0. The molecule has 0 nitrogen and oxygen atoms in total. The van der Waals surface area contributed by atoms with Gasteiger partial charge in [-0.1, -0.05) is 36.5 Å². The van der Waals surface area contributed by atoms with Gasteiger partial charge in [0.1, 0.15) is 0 Å². The molecule has 0 N–H and O–H groups in total. The van der Waals surface area contributed by atoms with E-state index in [0.29, 0.717) is 0 Å². The maximum atomic E-state index is 3.61. The summed E-state index contributed by atoms with van der Waals surface area (Å²) in [5, 5.41) is 0. The summed E-state index contributed by atoms with van der Waals surface area (Å²) in [4.78, 5) is 0. The summed E-state index contributed by atoms with van der Waals surface area (Å²) in [5.41, 5.74) is 1.20. The molecule has 0 rings (SSSR count). The van der Waals surface area contributed by atoms with Gasteiger partial charge in [0.2, 0.25) is 0 Å². The molecule has 0 unspecified atom stereocenters. The average molecular weight is 164 g/mol. The van der Waals surface area contributed by atoms with Crippen molar-refractivity contribution in [2.75, 3.05) is 0 Å². The van der Waals surface area contributed by atoms with Crippen molar-refractivity contribution in [1.82, 2.24) is 0 Å². The first kappa shape index (κ1) is 17.0. The minimum atomic E-state index is 1.20. The Balaban J connectivity index is -0.000000175. The quantitative estimate of drug-likeness (QED) is 0.421. The van der Waals surface area contributed by atoms with Crippen molar-refractivity contribution < 1.29 is 0 Å². The summed E-state index contributed by atoms with van der Waals surface area (Å²) >= 11 is 0. The summed E-state index contributed by atoms with van der Waals surface area (Å²) in [5.74, 6) is 0. The maximum absolute atomic E-state index is 3.61. The van der Waals surface area contributed by atoms with Crippen LogP contribution in [-0.4, -0.2) is 0 Å². The van der Waals surface area contributed by atoms with Gasteiger partial charge in [0.25, 0.3) is 0 Å². The molecule has 0 heterocycles. The van der Waals surface area contributed by atoms with Crippen LogP contribution in [-0.2, 0) is 0 Å². The van der Waals surface area contributed by atoms with Crippen molar-refractivity contribution in [3.8, 4) is 0 Å². The fourth-order valence-electron chi connectivity index (χ4n) is 0.316. The first-order valence-corrected chi connectivity index (χ1v) is 3.73. The van der Waals surface area contributed by atoms with E-state index in [2.05, 4.69) is 32.9 Å². The van der Waals surface area contributed by atoms with Gasteiger partial charge in [-0.3, -0.25) is 0 Å². The van der Waals surface area contributed by atoms with E-state index in [9.17, 15) is 0 Å². The third-order valence-corrected chi connectivity index (χ3v) is 0.874. The van der Waals surface area contributed by atoms with Crippen LogP contribution in [0.5, 0.6) is 0 Å². The molecule has 0 bridgehead atoms. The van der Waals surface area contributed by atoms with Gasteiger partial charge in [0.05, 0.1) is 0 Å². The van der Waals surface area contributed by atoms with Crippen LogP contribution < -0.4 is 0 Å². The van der Waals surface area contributed by atoms with Crippen LogP contribution in [0, 0.1) is 0 Å². The van der Waals surface area contributed by atoms with E-state index >= 15 is 0 Å². The third-order valence-electron chi connectivity index (χ3n) is 0.874. The first-order valence-electron chi connectivity index (χ1n) is 3.73. The van der Waals surface area contributed by atoms with Crippen LogP contribution in [0.4, 0.5) is 0 Å². The Morgan fingerprint density at radius 2 is 1.50 bits per heavy atom. The van der Waals surface area contributed by atoms with Crippen molar-refractivity contribution in [2.45, 2.75) is 13.8 Å². The smallest absolute Gasteiger partial charge is 0.0398 e. The Labute approximate surface area is 77.3 Å². The zero-order chi connectivity index (χ0) is 10.4. The van der Waals surface area contributed by atoms with Crippen LogP contribution in [0.2, 0.25) is 0 Å². The second-order valence-electron chi connectivity index (χ2n) is 1.64. The Morgan fingerprint density at radius 3 is 1.75 bits per heavy atom. The largest absolute Gasteiger partial charge is 0.106 e. The van der Waals surface area contributed by atoms with E-state index in [1.807, 2.05) is 38.2 Å². The van der Waals surface area contributed by atoms with Crippen molar-refractivity contribution in [2.24, 2.45) is 0 Å². The van der Waals surface area contributed by atoms with Gasteiger partial charge in [-0.05, 0) is 13.8 Å². The predicted molar refractivity (Wildman–Crippen MR) is 61.3 cm³/mol. The molecule has 0 saturated heterocycles. The van der Waals surface area contributed by atoms with Crippen LogP contribution in [0.1, 0.15) is 13.8 Å².